The zero-order valence-electron chi connectivity index (χ0n) is 29.7. The number of pyridine rings is 6. The third-order valence-electron chi connectivity index (χ3n) is 10.1. The smallest absolute Gasteiger partial charge is 0.144 e. The number of aromatic nitrogens is 6. The Morgan fingerprint density at radius 1 is 0.393 bits per heavy atom. The highest BCUT2D eigenvalue weighted by molar-refractivity contribution is 7.26. The Labute approximate surface area is 324 Å². The monoisotopic (exact) mass is 736 g/mol. The SMILES string of the molecule is c1ccc(-c2ccc3sc4c(-c5cccc(-c6cc(-c7ccccc7-c7ccccn7)cc7c6oc6ccccc67)n5)cc(-c5ccccn5)nc4c3n2)nc1. The minimum absolute atomic E-state index is 0.748. The van der Waals surface area contributed by atoms with Gasteiger partial charge in [0.25, 0.3) is 0 Å². The number of fused-ring (bicyclic) bond motifs is 6. The Balaban J connectivity index is 1.14. The molecule has 0 unspecified atom stereocenters. The van der Waals surface area contributed by atoms with E-state index >= 15 is 0 Å². The molecule has 11 aromatic rings. The Bertz CT molecular complexity index is 3250. The molecular weight excluding hydrogens is 709 g/mol. The van der Waals surface area contributed by atoms with Crippen molar-refractivity contribution in [3.8, 4) is 67.7 Å². The lowest BCUT2D eigenvalue weighted by molar-refractivity contribution is 0.670. The van der Waals surface area contributed by atoms with E-state index in [-0.39, 0.29) is 0 Å². The van der Waals surface area contributed by atoms with Gasteiger partial charge in [0.15, 0.2) is 0 Å². The van der Waals surface area contributed by atoms with Crippen molar-refractivity contribution in [1.29, 1.82) is 0 Å². The highest BCUT2D eigenvalue weighted by Gasteiger charge is 2.21. The van der Waals surface area contributed by atoms with Crippen LogP contribution in [-0.4, -0.2) is 29.9 Å². The van der Waals surface area contributed by atoms with E-state index in [1.54, 1.807) is 23.7 Å². The zero-order valence-corrected chi connectivity index (χ0v) is 30.5. The van der Waals surface area contributed by atoms with Gasteiger partial charge in [0.05, 0.1) is 49.3 Å². The lowest BCUT2D eigenvalue weighted by Crippen LogP contribution is -1.94. The molecule has 0 amide bonds. The fourth-order valence-corrected chi connectivity index (χ4v) is 8.59. The number of para-hydroxylation sites is 1. The van der Waals surface area contributed by atoms with Crippen molar-refractivity contribution in [2.24, 2.45) is 0 Å². The fraction of sp³-hybridized carbons (Fsp3) is 0. The number of nitrogens with zero attached hydrogens (tertiary/aromatic N) is 6. The molecule has 0 saturated carbocycles. The molecule has 3 aromatic carbocycles. The number of rotatable bonds is 6. The van der Waals surface area contributed by atoms with Crippen LogP contribution in [0.3, 0.4) is 0 Å². The van der Waals surface area contributed by atoms with Gasteiger partial charge in [-0.05, 0) is 96.1 Å². The number of thiophene rings is 1. The maximum Gasteiger partial charge on any atom is 0.144 e. The second-order valence-corrected chi connectivity index (χ2v) is 14.5. The first kappa shape index (κ1) is 32.0. The van der Waals surface area contributed by atoms with Crippen molar-refractivity contribution in [2.45, 2.75) is 0 Å². The summed E-state index contributed by atoms with van der Waals surface area (Å²) in [6.07, 6.45) is 5.41. The summed E-state index contributed by atoms with van der Waals surface area (Å²) >= 11 is 1.67. The molecule has 0 saturated heterocycles. The van der Waals surface area contributed by atoms with Crippen LogP contribution < -0.4 is 0 Å². The van der Waals surface area contributed by atoms with Gasteiger partial charge in [-0.25, -0.2) is 15.0 Å². The number of furan rings is 1. The Morgan fingerprint density at radius 3 is 1.80 bits per heavy atom. The van der Waals surface area contributed by atoms with E-state index in [0.29, 0.717) is 0 Å². The molecule has 8 heterocycles. The summed E-state index contributed by atoms with van der Waals surface area (Å²) in [5, 5.41) is 2.08. The van der Waals surface area contributed by atoms with Gasteiger partial charge in [-0.1, -0.05) is 66.7 Å². The van der Waals surface area contributed by atoms with Crippen molar-refractivity contribution in [2.75, 3.05) is 0 Å². The van der Waals surface area contributed by atoms with E-state index in [1.807, 2.05) is 79.0 Å². The van der Waals surface area contributed by atoms with Crippen molar-refractivity contribution in [3.63, 3.8) is 0 Å². The number of hydrogen-bond acceptors (Lipinski definition) is 8. The summed E-state index contributed by atoms with van der Waals surface area (Å²) in [5.74, 6) is 0. The lowest BCUT2D eigenvalue weighted by Gasteiger charge is -2.13. The molecule has 0 N–H and O–H groups in total. The third kappa shape index (κ3) is 5.42. The van der Waals surface area contributed by atoms with Crippen LogP contribution in [0.2, 0.25) is 0 Å². The molecule has 0 aliphatic rings. The van der Waals surface area contributed by atoms with Gasteiger partial charge in [0, 0.05) is 46.1 Å². The predicted molar refractivity (Wildman–Crippen MR) is 226 cm³/mol. The molecule has 11 rings (SSSR count). The van der Waals surface area contributed by atoms with Crippen LogP contribution in [0.25, 0.3) is 110 Å². The quantitative estimate of drug-likeness (QED) is 0.168. The maximum atomic E-state index is 6.64. The predicted octanol–water partition coefficient (Wildman–Crippen LogP) is 12.3. The highest BCUT2D eigenvalue weighted by Crippen LogP contribution is 2.44. The maximum absolute atomic E-state index is 6.64. The van der Waals surface area contributed by atoms with Crippen molar-refractivity contribution in [1.82, 2.24) is 29.9 Å². The summed E-state index contributed by atoms with van der Waals surface area (Å²) in [6.45, 7) is 0. The first-order valence-corrected chi connectivity index (χ1v) is 19.1. The van der Waals surface area contributed by atoms with Crippen LogP contribution in [0.5, 0.6) is 0 Å². The van der Waals surface area contributed by atoms with Crippen LogP contribution >= 0.6 is 11.3 Å². The van der Waals surface area contributed by atoms with Crippen LogP contribution in [0.15, 0.2) is 175 Å². The Kier molecular flexibility index (Phi) is 7.53. The minimum atomic E-state index is 0.748. The molecule has 0 atom stereocenters. The molecule has 56 heavy (non-hydrogen) atoms. The third-order valence-corrected chi connectivity index (χ3v) is 11.2. The summed E-state index contributed by atoms with van der Waals surface area (Å²) in [7, 11) is 0. The van der Waals surface area contributed by atoms with Gasteiger partial charge in [-0.3, -0.25) is 15.0 Å². The molecule has 0 fully saturated rings. The van der Waals surface area contributed by atoms with Gasteiger partial charge in [0.2, 0.25) is 0 Å². The second-order valence-electron chi connectivity index (χ2n) is 13.5. The van der Waals surface area contributed by atoms with E-state index in [2.05, 4.69) is 88.8 Å². The Morgan fingerprint density at radius 2 is 1.04 bits per heavy atom. The van der Waals surface area contributed by atoms with Crippen molar-refractivity contribution >= 4 is 53.7 Å². The van der Waals surface area contributed by atoms with Crippen LogP contribution in [0.1, 0.15) is 0 Å². The zero-order chi connectivity index (χ0) is 37.0. The molecule has 262 valence electrons. The van der Waals surface area contributed by atoms with Gasteiger partial charge >= 0.3 is 0 Å². The molecule has 0 aliphatic carbocycles. The van der Waals surface area contributed by atoms with Gasteiger partial charge < -0.3 is 4.42 Å². The van der Waals surface area contributed by atoms with E-state index in [1.165, 1.54) is 0 Å². The van der Waals surface area contributed by atoms with Crippen LogP contribution in [0.4, 0.5) is 0 Å². The second kappa shape index (κ2) is 13.2. The molecule has 0 bridgehead atoms. The molecule has 7 nitrogen and oxygen atoms in total. The van der Waals surface area contributed by atoms with Crippen molar-refractivity contribution < 1.29 is 4.42 Å². The molecule has 0 radical (unpaired) electrons. The molecule has 0 spiro atoms. The van der Waals surface area contributed by atoms with Crippen LogP contribution in [0, 0.1) is 0 Å². The summed E-state index contributed by atoms with van der Waals surface area (Å²) < 4.78 is 8.68. The summed E-state index contributed by atoms with van der Waals surface area (Å²) in [6, 6.07) is 51.2. The average molecular weight is 737 g/mol. The topological polar surface area (TPSA) is 90.5 Å². The van der Waals surface area contributed by atoms with E-state index in [9.17, 15) is 0 Å². The normalized spacial score (nSPS) is 11.6. The standard InChI is InChI=1S/C48H28N6OS/c1-2-13-31(36-15-5-8-23-49-36)30(12-1)29-26-33-32-14-3-4-20-43(32)55-47(33)34(27-29)37-18-11-19-38(52-37)35-28-42(40-17-7-10-25-51-40)54-46-45-44(56-48(35)46)22-21-41(53-45)39-16-6-9-24-50-39/h1-28H. The minimum Gasteiger partial charge on any atom is -0.455 e. The highest BCUT2D eigenvalue weighted by atomic mass is 32.1. The van der Waals surface area contributed by atoms with E-state index < -0.39 is 0 Å². The largest absolute Gasteiger partial charge is 0.455 e. The fourth-order valence-electron chi connectivity index (χ4n) is 7.49. The van der Waals surface area contributed by atoms with E-state index in [0.717, 1.165) is 110 Å². The summed E-state index contributed by atoms with van der Waals surface area (Å²) in [5.41, 5.74) is 13.9. The first-order valence-electron chi connectivity index (χ1n) is 18.3. The number of hydrogen-bond donors (Lipinski definition) is 0. The average Bonchev–Trinajstić information content (AvgIpc) is 3.85. The van der Waals surface area contributed by atoms with Gasteiger partial charge in [-0.2, -0.15) is 0 Å². The number of benzene rings is 3. The molecule has 0 aliphatic heterocycles. The lowest BCUT2D eigenvalue weighted by atomic mass is 9.93. The molecule has 8 heteroatoms. The summed E-state index contributed by atoms with van der Waals surface area (Å²) in [4.78, 5) is 29.7. The molecule has 8 aromatic heterocycles. The van der Waals surface area contributed by atoms with Crippen LogP contribution in [-0.2, 0) is 0 Å². The molecular formula is C48H28N6OS. The van der Waals surface area contributed by atoms with E-state index in [4.69, 9.17) is 24.4 Å². The van der Waals surface area contributed by atoms with Crippen molar-refractivity contribution in [3.05, 3.63) is 170 Å². The first-order chi connectivity index (χ1) is 27.7. The van der Waals surface area contributed by atoms with Gasteiger partial charge in [0.1, 0.15) is 22.2 Å². The Hall–Kier alpha value is -7.42. The van der Waals surface area contributed by atoms with Gasteiger partial charge in [-0.15, -0.1) is 11.3 Å².